The Morgan fingerprint density at radius 2 is 1.67 bits per heavy atom. The van der Waals surface area contributed by atoms with Gasteiger partial charge in [0, 0.05) is 74.5 Å². The lowest BCUT2D eigenvalue weighted by Gasteiger charge is -2.40. The van der Waals surface area contributed by atoms with Gasteiger partial charge in [-0.05, 0) is 31.9 Å². The number of hydrogen-bond acceptors (Lipinski definition) is 8. The number of benzene rings is 1. The molecule has 206 valence electrons. The van der Waals surface area contributed by atoms with Gasteiger partial charge in [-0.3, -0.25) is 9.80 Å². The maximum absolute atomic E-state index is 5.67. The zero-order chi connectivity index (χ0) is 26.2. The minimum absolute atomic E-state index is 0.674. The van der Waals surface area contributed by atoms with E-state index in [4.69, 9.17) is 24.4 Å². The molecule has 7 rings (SSSR count). The quantitative estimate of drug-likeness (QED) is 0.407. The fourth-order valence-electron chi connectivity index (χ4n) is 6.47. The van der Waals surface area contributed by atoms with E-state index in [-0.39, 0.29) is 0 Å². The summed E-state index contributed by atoms with van der Waals surface area (Å²) in [6.45, 7) is 12.9. The van der Waals surface area contributed by atoms with Gasteiger partial charge in [0.05, 0.1) is 33.0 Å². The molecule has 0 saturated carbocycles. The van der Waals surface area contributed by atoms with Gasteiger partial charge in [-0.15, -0.1) is 0 Å². The maximum atomic E-state index is 5.67. The van der Waals surface area contributed by atoms with E-state index in [1.54, 1.807) is 0 Å². The zero-order valence-electron chi connectivity index (χ0n) is 22.8. The number of aromatic nitrogens is 5. The van der Waals surface area contributed by atoms with E-state index in [9.17, 15) is 0 Å². The van der Waals surface area contributed by atoms with Crippen molar-refractivity contribution in [3.05, 3.63) is 36.3 Å². The van der Waals surface area contributed by atoms with Crippen molar-refractivity contribution in [3.8, 4) is 11.4 Å². The molecule has 3 aromatic heterocycles. The number of aryl methyl sites for hydroxylation is 1. The predicted molar refractivity (Wildman–Crippen MR) is 152 cm³/mol. The van der Waals surface area contributed by atoms with Crippen LogP contribution in [-0.2, 0) is 22.6 Å². The van der Waals surface area contributed by atoms with Gasteiger partial charge in [-0.1, -0.05) is 12.1 Å². The van der Waals surface area contributed by atoms with Gasteiger partial charge in [-0.2, -0.15) is 0 Å². The van der Waals surface area contributed by atoms with E-state index in [1.807, 2.05) is 6.20 Å². The molecule has 0 aliphatic carbocycles. The molecule has 10 heteroatoms. The monoisotopic (exact) mass is 530 g/mol. The Kier molecular flexibility index (Phi) is 6.94. The summed E-state index contributed by atoms with van der Waals surface area (Å²) in [7, 11) is 0. The van der Waals surface area contributed by atoms with E-state index in [0.717, 1.165) is 111 Å². The molecule has 1 aromatic carbocycles. The number of ether oxygens (including phenoxy) is 2. The Morgan fingerprint density at radius 1 is 0.897 bits per heavy atom. The minimum Gasteiger partial charge on any atom is -0.379 e. The van der Waals surface area contributed by atoms with E-state index in [1.165, 1.54) is 12.8 Å². The second-order valence-corrected chi connectivity index (χ2v) is 10.8. The van der Waals surface area contributed by atoms with Crippen molar-refractivity contribution in [1.29, 1.82) is 0 Å². The van der Waals surface area contributed by atoms with E-state index >= 15 is 0 Å². The molecule has 0 spiro atoms. The Hall–Kier alpha value is -3.05. The average Bonchev–Trinajstić information content (AvgIpc) is 3.62. The highest BCUT2D eigenvalue weighted by atomic mass is 16.5. The van der Waals surface area contributed by atoms with Gasteiger partial charge in [0.2, 0.25) is 0 Å². The van der Waals surface area contributed by atoms with Crippen LogP contribution in [-0.4, -0.2) is 106 Å². The molecule has 3 aliphatic rings. The van der Waals surface area contributed by atoms with Gasteiger partial charge < -0.3 is 23.9 Å². The number of fused-ring (bicyclic) bond motifs is 2. The maximum Gasteiger partial charge on any atom is 0.166 e. The standard InChI is InChI=1S/C29H38N8O2/c1-2-37-25(20-34-10-7-21(8-11-34)35-12-16-38-17-13-35)31-26-28(36-14-18-39-19-15-36)32-27(33-29(26)37)23-4-3-5-24-22(23)6-9-30-24/h3-6,9,21,30H,2,7-8,10-20H2,1H3. The number of rotatable bonds is 6. The molecule has 0 bridgehead atoms. The molecule has 0 unspecified atom stereocenters. The van der Waals surface area contributed by atoms with Crippen LogP contribution >= 0.6 is 0 Å². The molecule has 39 heavy (non-hydrogen) atoms. The summed E-state index contributed by atoms with van der Waals surface area (Å²) in [6.07, 6.45) is 4.39. The molecular formula is C29H38N8O2. The Balaban J connectivity index is 1.23. The highest BCUT2D eigenvalue weighted by molar-refractivity contribution is 5.95. The number of H-pyrrole nitrogens is 1. The van der Waals surface area contributed by atoms with Crippen LogP contribution < -0.4 is 4.90 Å². The SMILES string of the molecule is CCn1c(CN2CCC(N3CCOCC3)CC2)nc2c(N3CCOCC3)nc(-c3cccc4[nH]ccc34)nc21. The molecular weight excluding hydrogens is 492 g/mol. The highest BCUT2D eigenvalue weighted by Gasteiger charge is 2.28. The third-order valence-electron chi connectivity index (χ3n) is 8.60. The zero-order valence-corrected chi connectivity index (χ0v) is 22.8. The van der Waals surface area contributed by atoms with Crippen molar-refractivity contribution >= 4 is 27.9 Å². The topological polar surface area (TPSA) is 87.6 Å². The van der Waals surface area contributed by atoms with Crippen LogP contribution in [0.15, 0.2) is 30.5 Å². The third-order valence-corrected chi connectivity index (χ3v) is 8.60. The van der Waals surface area contributed by atoms with E-state index in [2.05, 4.69) is 55.4 Å². The van der Waals surface area contributed by atoms with Crippen LogP contribution in [0.1, 0.15) is 25.6 Å². The van der Waals surface area contributed by atoms with Crippen molar-refractivity contribution in [2.75, 3.05) is 70.6 Å². The Bertz CT molecular complexity index is 1430. The summed E-state index contributed by atoms with van der Waals surface area (Å²) < 4.78 is 13.5. The molecule has 3 saturated heterocycles. The minimum atomic E-state index is 0.674. The van der Waals surface area contributed by atoms with Crippen LogP contribution in [0, 0.1) is 0 Å². The number of nitrogens with zero attached hydrogens (tertiary/aromatic N) is 7. The molecule has 0 atom stereocenters. The first-order valence-corrected chi connectivity index (χ1v) is 14.5. The van der Waals surface area contributed by atoms with Gasteiger partial charge in [0.25, 0.3) is 0 Å². The molecule has 0 radical (unpaired) electrons. The van der Waals surface area contributed by atoms with Gasteiger partial charge in [-0.25, -0.2) is 15.0 Å². The predicted octanol–water partition coefficient (Wildman–Crippen LogP) is 3.13. The fourth-order valence-corrected chi connectivity index (χ4v) is 6.47. The molecule has 6 heterocycles. The first kappa shape index (κ1) is 25.0. The van der Waals surface area contributed by atoms with Crippen molar-refractivity contribution in [2.45, 2.75) is 38.9 Å². The van der Waals surface area contributed by atoms with Gasteiger partial charge in [0.1, 0.15) is 5.82 Å². The summed E-state index contributed by atoms with van der Waals surface area (Å²) in [4.78, 5) is 26.4. The number of aromatic amines is 1. The summed E-state index contributed by atoms with van der Waals surface area (Å²) in [5.41, 5.74) is 3.96. The van der Waals surface area contributed by atoms with Gasteiger partial charge in [0.15, 0.2) is 22.8 Å². The summed E-state index contributed by atoms with van der Waals surface area (Å²) in [5.74, 6) is 2.75. The number of anilines is 1. The summed E-state index contributed by atoms with van der Waals surface area (Å²) >= 11 is 0. The number of morpholine rings is 2. The van der Waals surface area contributed by atoms with Gasteiger partial charge >= 0.3 is 0 Å². The molecule has 0 amide bonds. The van der Waals surface area contributed by atoms with E-state index in [0.29, 0.717) is 19.3 Å². The smallest absolute Gasteiger partial charge is 0.166 e. The first-order valence-electron chi connectivity index (χ1n) is 14.5. The second-order valence-electron chi connectivity index (χ2n) is 10.8. The first-order chi connectivity index (χ1) is 19.3. The number of hydrogen-bond donors (Lipinski definition) is 1. The van der Waals surface area contributed by atoms with Crippen LogP contribution in [0.5, 0.6) is 0 Å². The van der Waals surface area contributed by atoms with Crippen LogP contribution in [0.4, 0.5) is 5.82 Å². The number of nitrogens with one attached hydrogen (secondary N) is 1. The largest absolute Gasteiger partial charge is 0.379 e. The molecule has 3 aliphatic heterocycles. The number of likely N-dealkylation sites (tertiary alicyclic amines) is 1. The van der Waals surface area contributed by atoms with Crippen LogP contribution in [0.2, 0.25) is 0 Å². The molecule has 4 aromatic rings. The highest BCUT2D eigenvalue weighted by Crippen LogP contribution is 2.32. The lowest BCUT2D eigenvalue weighted by atomic mass is 10.0. The third kappa shape index (κ3) is 4.80. The Labute approximate surface area is 228 Å². The van der Waals surface area contributed by atoms with Crippen LogP contribution in [0.25, 0.3) is 33.5 Å². The van der Waals surface area contributed by atoms with E-state index < -0.39 is 0 Å². The van der Waals surface area contributed by atoms with Crippen molar-refractivity contribution in [2.24, 2.45) is 0 Å². The lowest BCUT2D eigenvalue weighted by molar-refractivity contribution is -0.0000296. The van der Waals surface area contributed by atoms with Crippen molar-refractivity contribution in [1.82, 2.24) is 34.3 Å². The molecule has 10 nitrogen and oxygen atoms in total. The normalized spacial score (nSPS) is 20.4. The average molecular weight is 531 g/mol. The number of imidazole rings is 1. The van der Waals surface area contributed by atoms with Crippen molar-refractivity contribution in [3.63, 3.8) is 0 Å². The molecule has 3 fully saturated rings. The fraction of sp³-hybridized carbons (Fsp3) is 0.552. The Morgan fingerprint density at radius 3 is 2.44 bits per heavy atom. The number of piperidine rings is 1. The summed E-state index contributed by atoms with van der Waals surface area (Å²) in [6, 6.07) is 9.06. The lowest BCUT2D eigenvalue weighted by Crippen LogP contribution is -2.48. The molecule has 1 N–H and O–H groups in total. The second kappa shape index (κ2) is 10.8. The summed E-state index contributed by atoms with van der Waals surface area (Å²) in [5, 5.41) is 1.13. The van der Waals surface area contributed by atoms with Crippen LogP contribution in [0.3, 0.4) is 0 Å². The van der Waals surface area contributed by atoms with Crippen molar-refractivity contribution < 1.29 is 9.47 Å².